The molecule has 0 bridgehead atoms. The standard InChI is InChI=1S/C34H31ClN2O5/c35-26-12-10-25(11-13-26)34(40)16-20-37(21-17-34)19-3-4-24-22-29-30(41-27-14-8-23(9-15-27)33(38)39)6-1-7-31(29)42-32-28(24)5-2-18-36-32/h1-2,4-15,18,22,30,40H,3,16-17,19-21H2,(H,38,39). The van der Waals surface area contributed by atoms with E-state index in [0.717, 1.165) is 48.3 Å². The molecule has 42 heavy (non-hydrogen) atoms. The maximum Gasteiger partial charge on any atom is 0.335 e. The number of fused-ring (bicyclic) bond motifs is 2. The van der Waals surface area contributed by atoms with Gasteiger partial charge in [-0.2, -0.15) is 0 Å². The monoisotopic (exact) mass is 582 g/mol. The molecule has 0 spiro atoms. The molecule has 1 aromatic heterocycles. The van der Waals surface area contributed by atoms with Crippen LogP contribution >= 0.6 is 11.6 Å². The van der Waals surface area contributed by atoms with Gasteiger partial charge in [0, 0.05) is 42.0 Å². The van der Waals surface area contributed by atoms with E-state index < -0.39 is 17.7 Å². The fraction of sp³-hybridized carbons (Fsp3) is 0.235. The zero-order chi connectivity index (χ0) is 29.1. The molecule has 0 radical (unpaired) electrons. The summed E-state index contributed by atoms with van der Waals surface area (Å²) >= 11 is 6.04. The van der Waals surface area contributed by atoms with E-state index >= 15 is 0 Å². The summed E-state index contributed by atoms with van der Waals surface area (Å²) < 4.78 is 12.5. The lowest BCUT2D eigenvalue weighted by molar-refractivity contribution is -0.0254. The van der Waals surface area contributed by atoms with Crippen LogP contribution in [0.1, 0.15) is 40.7 Å². The third kappa shape index (κ3) is 6.04. The highest BCUT2D eigenvalue weighted by molar-refractivity contribution is 6.30. The van der Waals surface area contributed by atoms with Crippen LogP contribution in [0.15, 0.2) is 109 Å². The Morgan fingerprint density at radius 2 is 1.88 bits per heavy atom. The minimum absolute atomic E-state index is 0.203. The number of aromatic nitrogens is 1. The Labute approximate surface area is 249 Å². The van der Waals surface area contributed by atoms with E-state index in [0.29, 0.717) is 35.3 Å². The van der Waals surface area contributed by atoms with Crippen molar-refractivity contribution < 1.29 is 24.5 Å². The topological polar surface area (TPSA) is 92.1 Å². The Balaban J connectivity index is 1.18. The number of hydrogen-bond donors (Lipinski definition) is 2. The lowest BCUT2D eigenvalue weighted by Gasteiger charge is -2.38. The lowest BCUT2D eigenvalue weighted by atomic mass is 9.84. The van der Waals surface area contributed by atoms with Crippen molar-refractivity contribution in [1.29, 1.82) is 0 Å². The van der Waals surface area contributed by atoms with Gasteiger partial charge in [-0.1, -0.05) is 35.9 Å². The fourth-order valence-corrected chi connectivity index (χ4v) is 5.69. The Kier molecular flexibility index (Phi) is 7.98. The molecule has 1 saturated heterocycles. The quantitative estimate of drug-likeness (QED) is 0.332. The van der Waals surface area contributed by atoms with Crippen LogP contribution in [0.4, 0.5) is 0 Å². The first-order valence-electron chi connectivity index (χ1n) is 14.0. The molecular weight excluding hydrogens is 552 g/mol. The molecule has 2 aromatic carbocycles. The van der Waals surface area contributed by atoms with Crippen molar-refractivity contribution >= 4 is 23.1 Å². The molecule has 1 atom stereocenters. The third-order valence-corrected chi connectivity index (χ3v) is 8.22. The first-order chi connectivity index (χ1) is 20.4. The summed E-state index contributed by atoms with van der Waals surface area (Å²) in [5, 5.41) is 21.1. The highest BCUT2D eigenvalue weighted by Crippen LogP contribution is 2.37. The molecule has 1 fully saturated rings. The molecular formula is C34H31ClN2O5. The van der Waals surface area contributed by atoms with Crippen molar-refractivity contribution in [2.24, 2.45) is 0 Å². The number of rotatable bonds is 7. The Morgan fingerprint density at radius 3 is 2.62 bits per heavy atom. The van der Waals surface area contributed by atoms with Gasteiger partial charge in [0.05, 0.1) is 11.2 Å². The normalized spacial score (nSPS) is 20.4. The molecule has 2 N–H and O–H groups in total. The number of hydrogen-bond acceptors (Lipinski definition) is 6. The molecule has 7 nitrogen and oxygen atoms in total. The lowest BCUT2D eigenvalue weighted by Crippen LogP contribution is -2.42. The van der Waals surface area contributed by atoms with Crippen molar-refractivity contribution in [1.82, 2.24) is 9.88 Å². The van der Waals surface area contributed by atoms with Crippen LogP contribution in [-0.2, 0) is 5.60 Å². The smallest absolute Gasteiger partial charge is 0.335 e. The predicted molar refractivity (Wildman–Crippen MR) is 162 cm³/mol. The summed E-state index contributed by atoms with van der Waals surface area (Å²) in [7, 11) is 0. The van der Waals surface area contributed by atoms with E-state index in [2.05, 4.69) is 22.0 Å². The number of nitrogens with zero attached hydrogens (tertiary/aromatic N) is 2. The average Bonchev–Trinajstić information content (AvgIpc) is 3.16. The van der Waals surface area contributed by atoms with Crippen LogP contribution in [0.25, 0.3) is 5.57 Å². The summed E-state index contributed by atoms with van der Waals surface area (Å²) in [6.45, 7) is 2.47. The molecule has 1 aliphatic carbocycles. The van der Waals surface area contributed by atoms with Crippen molar-refractivity contribution in [2.75, 3.05) is 19.6 Å². The second kappa shape index (κ2) is 12.0. The number of ether oxygens (including phenoxy) is 2. The number of piperidine rings is 1. The fourth-order valence-electron chi connectivity index (χ4n) is 5.56. The van der Waals surface area contributed by atoms with Gasteiger partial charge in [-0.05, 0) is 97.2 Å². The number of carbonyl (C=O) groups is 1. The van der Waals surface area contributed by atoms with Gasteiger partial charge in [0.1, 0.15) is 17.6 Å². The van der Waals surface area contributed by atoms with Gasteiger partial charge in [0.2, 0.25) is 5.88 Å². The number of halogens is 1. The highest BCUT2D eigenvalue weighted by atomic mass is 35.5. The van der Waals surface area contributed by atoms with Crippen LogP contribution in [0.5, 0.6) is 11.6 Å². The van der Waals surface area contributed by atoms with Gasteiger partial charge in [-0.3, -0.25) is 0 Å². The molecule has 3 aliphatic rings. The Morgan fingerprint density at radius 1 is 1.12 bits per heavy atom. The minimum atomic E-state index is -0.981. The van der Waals surface area contributed by atoms with Gasteiger partial charge in [0.15, 0.2) is 0 Å². The van der Waals surface area contributed by atoms with Gasteiger partial charge >= 0.3 is 5.97 Å². The summed E-state index contributed by atoms with van der Waals surface area (Å²) in [5.41, 5.74) is 3.05. The van der Waals surface area contributed by atoms with Crippen molar-refractivity contribution in [3.63, 3.8) is 0 Å². The van der Waals surface area contributed by atoms with E-state index in [1.807, 2.05) is 54.6 Å². The summed E-state index contributed by atoms with van der Waals surface area (Å²) in [6, 6.07) is 17.8. The van der Waals surface area contributed by atoms with Gasteiger partial charge < -0.3 is 24.6 Å². The number of allylic oxidation sites excluding steroid dienone is 4. The second-order valence-corrected chi connectivity index (χ2v) is 11.1. The van der Waals surface area contributed by atoms with Crippen LogP contribution in [0.2, 0.25) is 5.02 Å². The number of benzene rings is 2. The van der Waals surface area contributed by atoms with E-state index in [-0.39, 0.29) is 5.56 Å². The Hall–Kier alpha value is -4.17. The number of carboxylic acids is 1. The maximum atomic E-state index is 11.2. The third-order valence-electron chi connectivity index (χ3n) is 7.96. The molecule has 6 rings (SSSR count). The summed E-state index contributed by atoms with van der Waals surface area (Å²) in [5.74, 6) is 0.773. The molecule has 0 saturated carbocycles. The van der Waals surface area contributed by atoms with Crippen LogP contribution in [0.3, 0.4) is 0 Å². The largest absolute Gasteiger partial charge is 0.481 e. The van der Waals surface area contributed by atoms with E-state index in [9.17, 15) is 15.0 Å². The van der Waals surface area contributed by atoms with E-state index in [1.54, 1.807) is 18.3 Å². The number of likely N-dealkylation sites (tertiary alicyclic amines) is 1. The maximum absolute atomic E-state index is 11.2. The summed E-state index contributed by atoms with van der Waals surface area (Å²) in [4.78, 5) is 18.1. The van der Waals surface area contributed by atoms with E-state index in [1.165, 1.54) is 12.1 Å². The highest BCUT2D eigenvalue weighted by Gasteiger charge is 2.34. The summed E-state index contributed by atoms with van der Waals surface area (Å²) in [6.07, 6.45) is 13.5. The van der Waals surface area contributed by atoms with Crippen LogP contribution in [0, 0.1) is 0 Å². The molecule has 3 aromatic rings. The molecule has 0 amide bonds. The molecule has 1 unspecified atom stereocenters. The van der Waals surface area contributed by atoms with Gasteiger partial charge in [0.25, 0.3) is 0 Å². The van der Waals surface area contributed by atoms with Crippen LogP contribution < -0.4 is 9.47 Å². The first kappa shape index (κ1) is 28.0. The molecule has 8 heteroatoms. The first-order valence-corrected chi connectivity index (χ1v) is 14.4. The minimum Gasteiger partial charge on any atom is -0.481 e. The number of carboxylic acid groups (broad SMARTS) is 1. The average molecular weight is 583 g/mol. The van der Waals surface area contributed by atoms with Crippen molar-refractivity contribution in [2.45, 2.75) is 31.0 Å². The van der Waals surface area contributed by atoms with Crippen LogP contribution in [-0.4, -0.2) is 51.8 Å². The van der Waals surface area contributed by atoms with Gasteiger partial charge in [-0.25, -0.2) is 9.78 Å². The molecule has 2 aliphatic heterocycles. The SMILES string of the molecule is O=C(O)c1ccc(OC2C=CC=C3Oc4ncccc4C(=CCCN4CCC(O)(c5ccc(Cl)cc5)CC4)C=C32)cc1. The number of aromatic carboxylic acids is 1. The number of pyridine rings is 1. The van der Waals surface area contributed by atoms with Crippen molar-refractivity contribution in [3.8, 4) is 11.6 Å². The van der Waals surface area contributed by atoms with Crippen molar-refractivity contribution in [3.05, 3.63) is 130 Å². The Bertz CT molecular complexity index is 1580. The zero-order valence-electron chi connectivity index (χ0n) is 22.9. The number of aliphatic hydroxyl groups is 1. The second-order valence-electron chi connectivity index (χ2n) is 10.7. The predicted octanol–water partition coefficient (Wildman–Crippen LogP) is 6.41. The zero-order valence-corrected chi connectivity index (χ0v) is 23.7. The van der Waals surface area contributed by atoms with E-state index in [4.69, 9.17) is 21.1 Å². The molecule has 214 valence electrons. The van der Waals surface area contributed by atoms with Gasteiger partial charge in [-0.15, -0.1) is 0 Å². The molecule has 3 heterocycles.